The Morgan fingerprint density at radius 2 is 2.08 bits per heavy atom. The molecule has 0 amide bonds. The molecular formula is C18H14ClFN4OS. The fourth-order valence-electron chi connectivity index (χ4n) is 2.49. The quantitative estimate of drug-likeness (QED) is 0.688. The molecule has 0 bridgehead atoms. The highest BCUT2D eigenvalue weighted by molar-refractivity contribution is 7.07. The first-order valence-electron chi connectivity index (χ1n) is 7.65. The average Bonchev–Trinajstić information content (AvgIpc) is 3.03. The Morgan fingerprint density at radius 3 is 2.73 bits per heavy atom. The summed E-state index contributed by atoms with van der Waals surface area (Å²) in [5.74, 6) is -0.302. The molecule has 0 saturated carbocycles. The number of hydrogen-bond donors (Lipinski definition) is 0. The van der Waals surface area contributed by atoms with Crippen LogP contribution in [0.1, 0.15) is 16.8 Å². The molecule has 0 saturated heterocycles. The maximum Gasteiger partial charge on any atom is 0.268 e. The van der Waals surface area contributed by atoms with Gasteiger partial charge < -0.3 is 4.57 Å². The third-order valence-electron chi connectivity index (χ3n) is 3.88. The normalized spacial score (nSPS) is 12.6. The molecule has 0 radical (unpaired) electrons. The average molecular weight is 389 g/mol. The van der Waals surface area contributed by atoms with Crippen LogP contribution in [0.2, 0.25) is 5.15 Å². The van der Waals surface area contributed by atoms with Gasteiger partial charge in [0.1, 0.15) is 15.6 Å². The largest absolute Gasteiger partial charge is 0.301 e. The van der Waals surface area contributed by atoms with E-state index in [0.717, 1.165) is 5.56 Å². The van der Waals surface area contributed by atoms with E-state index in [-0.39, 0.29) is 11.4 Å². The molecule has 3 aromatic rings. The van der Waals surface area contributed by atoms with Crippen molar-refractivity contribution in [2.24, 2.45) is 7.05 Å². The molecule has 0 aliphatic rings. The lowest BCUT2D eigenvalue weighted by Gasteiger charge is -2.03. The van der Waals surface area contributed by atoms with Crippen molar-refractivity contribution < 1.29 is 4.39 Å². The Bertz CT molecular complexity index is 1180. The van der Waals surface area contributed by atoms with Gasteiger partial charge in [-0.15, -0.1) is 11.3 Å². The molecule has 0 N–H and O–H groups in total. The van der Waals surface area contributed by atoms with Crippen LogP contribution < -0.4 is 14.8 Å². The summed E-state index contributed by atoms with van der Waals surface area (Å²) in [7, 11) is 1.62. The van der Waals surface area contributed by atoms with Gasteiger partial charge in [-0.2, -0.15) is 10.4 Å². The van der Waals surface area contributed by atoms with E-state index < -0.39 is 0 Å². The summed E-state index contributed by atoms with van der Waals surface area (Å²) in [6.45, 7) is 2.20. The second kappa shape index (κ2) is 7.28. The zero-order chi connectivity index (χ0) is 18.8. The van der Waals surface area contributed by atoms with Gasteiger partial charge >= 0.3 is 0 Å². The molecule has 2 heterocycles. The third-order valence-corrected chi connectivity index (χ3v) is 5.39. The van der Waals surface area contributed by atoms with Crippen molar-refractivity contribution in [2.75, 3.05) is 0 Å². The smallest absolute Gasteiger partial charge is 0.268 e. The highest BCUT2D eigenvalue weighted by atomic mass is 35.5. The molecule has 26 heavy (non-hydrogen) atoms. The molecule has 0 fully saturated rings. The van der Waals surface area contributed by atoms with Crippen LogP contribution in [0.25, 0.3) is 12.2 Å². The summed E-state index contributed by atoms with van der Waals surface area (Å²) in [6, 6.07) is 8.04. The molecule has 132 valence electrons. The lowest BCUT2D eigenvalue weighted by atomic mass is 10.2. The molecule has 8 heteroatoms. The van der Waals surface area contributed by atoms with Crippen molar-refractivity contribution in [3.8, 4) is 6.07 Å². The van der Waals surface area contributed by atoms with Crippen molar-refractivity contribution in [3.05, 3.63) is 71.6 Å². The summed E-state index contributed by atoms with van der Waals surface area (Å²) in [5.41, 5.74) is 1.99. The lowest BCUT2D eigenvalue weighted by Crippen LogP contribution is -2.28. The minimum atomic E-state index is -0.302. The van der Waals surface area contributed by atoms with Gasteiger partial charge in [-0.25, -0.2) is 9.07 Å². The van der Waals surface area contributed by atoms with E-state index in [0.29, 0.717) is 32.2 Å². The molecule has 0 spiro atoms. The van der Waals surface area contributed by atoms with Gasteiger partial charge in [-0.1, -0.05) is 23.7 Å². The molecule has 0 atom stereocenters. The zero-order valence-electron chi connectivity index (χ0n) is 14.0. The number of benzene rings is 1. The Kier molecular flexibility index (Phi) is 5.07. The number of thiazole rings is 1. The van der Waals surface area contributed by atoms with E-state index in [4.69, 9.17) is 16.9 Å². The Hall–Kier alpha value is -2.69. The van der Waals surface area contributed by atoms with Gasteiger partial charge in [-0.3, -0.25) is 4.79 Å². The predicted molar refractivity (Wildman–Crippen MR) is 99.9 cm³/mol. The first kappa shape index (κ1) is 18.1. The van der Waals surface area contributed by atoms with Gasteiger partial charge in [0, 0.05) is 18.7 Å². The van der Waals surface area contributed by atoms with Crippen LogP contribution in [0.3, 0.4) is 0 Å². The number of halogens is 2. The Labute approximate surface area is 157 Å². The molecule has 0 unspecified atom stereocenters. The van der Waals surface area contributed by atoms with E-state index in [1.165, 1.54) is 34.1 Å². The molecule has 5 nitrogen and oxygen atoms in total. The van der Waals surface area contributed by atoms with Gasteiger partial charge in [0.2, 0.25) is 0 Å². The summed E-state index contributed by atoms with van der Waals surface area (Å²) in [4.78, 5) is 12.3. The van der Waals surface area contributed by atoms with Crippen LogP contribution in [-0.4, -0.2) is 14.3 Å². The van der Waals surface area contributed by atoms with Crippen LogP contribution >= 0.6 is 22.9 Å². The minimum absolute atomic E-state index is 0.196. The SMILES string of the molecule is Cc1nn(Cc2ccc(F)cc2)c(Cl)c1/C=c1\s/c(=C\C#N)n(C)c1=O. The van der Waals surface area contributed by atoms with E-state index in [9.17, 15) is 9.18 Å². The van der Waals surface area contributed by atoms with Crippen molar-refractivity contribution in [1.29, 1.82) is 5.26 Å². The lowest BCUT2D eigenvalue weighted by molar-refractivity contribution is 0.624. The number of rotatable bonds is 3. The molecule has 3 rings (SSSR count). The first-order chi connectivity index (χ1) is 12.4. The highest BCUT2D eigenvalue weighted by Gasteiger charge is 2.13. The van der Waals surface area contributed by atoms with Crippen molar-refractivity contribution >= 4 is 35.1 Å². The third kappa shape index (κ3) is 3.47. The molecular weight excluding hydrogens is 375 g/mol. The number of nitrogens with zero attached hydrogens (tertiary/aromatic N) is 4. The van der Waals surface area contributed by atoms with E-state index in [1.54, 1.807) is 36.9 Å². The van der Waals surface area contributed by atoms with Crippen molar-refractivity contribution in [1.82, 2.24) is 14.3 Å². The topological polar surface area (TPSA) is 63.6 Å². The Morgan fingerprint density at radius 1 is 1.38 bits per heavy atom. The van der Waals surface area contributed by atoms with Gasteiger partial charge in [0.05, 0.1) is 22.8 Å². The predicted octanol–water partition coefficient (Wildman–Crippen LogP) is 1.93. The van der Waals surface area contributed by atoms with Crippen molar-refractivity contribution in [2.45, 2.75) is 13.5 Å². The fourth-order valence-corrected chi connectivity index (χ4v) is 3.74. The second-order valence-corrected chi connectivity index (χ2v) is 7.08. The van der Waals surface area contributed by atoms with E-state index in [2.05, 4.69) is 5.10 Å². The standard InChI is InChI=1S/C18H14ClFN4OS/c1-11-14(9-15-18(25)23(2)16(26-15)7-8-21)17(19)24(22-11)10-12-3-5-13(20)6-4-12/h3-7,9H,10H2,1-2H3/b15-9-,16-7-. The van der Waals surface area contributed by atoms with Crippen LogP contribution in [0.5, 0.6) is 0 Å². The first-order valence-corrected chi connectivity index (χ1v) is 8.85. The molecule has 2 aromatic heterocycles. The fraction of sp³-hybridized carbons (Fsp3) is 0.167. The van der Waals surface area contributed by atoms with E-state index >= 15 is 0 Å². The Balaban J connectivity index is 2.06. The number of aromatic nitrogens is 3. The summed E-state index contributed by atoms with van der Waals surface area (Å²) in [5, 5.41) is 13.6. The second-order valence-electron chi connectivity index (χ2n) is 5.66. The molecule has 0 aliphatic heterocycles. The van der Waals surface area contributed by atoms with Crippen LogP contribution in [-0.2, 0) is 13.6 Å². The number of nitriles is 1. The summed E-state index contributed by atoms with van der Waals surface area (Å²) in [6.07, 6.45) is 3.02. The molecule has 0 aliphatic carbocycles. The van der Waals surface area contributed by atoms with Crippen molar-refractivity contribution in [3.63, 3.8) is 0 Å². The van der Waals surface area contributed by atoms with Crippen LogP contribution in [0, 0.1) is 24.1 Å². The van der Waals surface area contributed by atoms with Crippen LogP contribution in [0.4, 0.5) is 4.39 Å². The molecule has 1 aromatic carbocycles. The summed E-state index contributed by atoms with van der Waals surface area (Å²) < 4.78 is 17.1. The maximum absolute atomic E-state index is 13.0. The van der Waals surface area contributed by atoms with Gasteiger partial charge in [-0.05, 0) is 30.7 Å². The maximum atomic E-state index is 13.0. The zero-order valence-corrected chi connectivity index (χ0v) is 15.6. The van der Waals surface area contributed by atoms with Gasteiger partial charge in [0.15, 0.2) is 0 Å². The number of hydrogen-bond acceptors (Lipinski definition) is 4. The monoisotopic (exact) mass is 388 g/mol. The highest BCUT2D eigenvalue weighted by Crippen LogP contribution is 2.21. The van der Waals surface area contributed by atoms with E-state index in [1.807, 2.05) is 6.07 Å². The summed E-state index contributed by atoms with van der Waals surface area (Å²) >= 11 is 7.67. The minimum Gasteiger partial charge on any atom is -0.301 e. The van der Waals surface area contributed by atoms with Crippen LogP contribution in [0.15, 0.2) is 29.1 Å². The van der Waals surface area contributed by atoms with Gasteiger partial charge in [0.25, 0.3) is 5.56 Å². The number of aryl methyl sites for hydroxylation is 1.